The van der Waals surface area contributed by atoms with Crippen molar-refractivity contribution in [1.82, 2.24) is 14.3 Å². The van der Waals surface area contributed by atoms with E-state index >= 15 is 0 Å². The fourth-order valence-corrected chi connectivity index (χ4v) is 6.09. The number of benzene rings is 1. The van der Waals surface area contributed by atoms with Gasteiger partial charge in [0.2, 0.25) is 0 Å². The highest BCUT2D eigenvalue weighted by molar-refractivity contribution is 6.42. The maximum absolute atomic E-state index is 14.8. The summed E-state index contributed by atoms with van der Waals surface area (Å²) in [6.07, 6.45) is -8.14. The first-order valence-electron chi connectivity index (χ1n) is 12.8. The lowest BCUT2D eigenvalue weighted by molar-refractivity contribution is -1.10. The standard InChI is InChI=1S/C26H22Cl2F6N4O4/c27-17-9-21-23(39)35-10-14(37(21)22(17)28)7-13-1-2-18(29)16(8-13)24(40)36-5-3-15(4-6-36)38(11-19(30)20(31)12-38)42-25(41)26(32,33)34/h1-2,8-10,15,19-20H,3-7,11-12H2/p+1/t19-,20-/m0/s1. The van der Waals surface area contributed by atoms with Crippen LogP contribution in [0.1, 0.15) is 34.5 Å². The maximum Gasteiger partial charge on any atom is 0.497 e. The topological polar surface area (TPSA) is 83.9 Å². The van der Waals surface area contributed by atoms with Crippen LogP contribution in [0.4, 0.5) is 26.3 Å². The van der Waals surface area contributed by atoms with Gasteiger partial charge in [-0.3, -0.25) is 18.8 Å². The summed E-state index contributed by atoms with van der Waals surface area (Å²) in [6, 6.07) is 4.38. The van der Waals surface area contributed by atoms with E-state index in [4.69, 9.17) is 23.2 Å². The zero-order chi connectivity index (χ0) is 30.6. The molecule has 2 aliphatic heterocycles. The Kier molecular flexibility index (Phi) is 8.00. The Hall–Kier alpha value is -3.23. The average Bonchev–Trinajstić information content (AvgIpc) is 3.41. The molecule has 2 aromatic heterocycles. The van der Waals surface area contributed by atoms with Crippen molar-refractivity contribution in [2.45, 2.75) is 43.8 Å². The smallest absolute Gasteiger partial charge is 0.338 e. The van der Waals surface area contributed by atoms with Gasteiger partial charge in [0.25, 0.3) is 11.5 Å². The van der Waals surface area contributed by atoms with Gasteiger partial charge in [0.1, 0.15) is 22.5 Å². The number of hydrogen-bond donors (Lipinski definition) is 1. The normalized spacial score (nSPS) is 21.2. The third-order valence-corrected chi connectivity index (χ3v) is 8.46. The Bertz CT molecular complexity index is 1590. The number of hydrogen-bond acceptors (Lipinski definition) is 4. The molecule has 0 aliphatic carbocycles. The number of amides is 1. The summed E-state index contributed by atoms with van der Waals surface area (Å²) < 4.78 is 82.1. The molecule has 5 rings (SSSR count). The number of likely N-dealkylation sites (tertiary alicyclic amines) is 2. The van der Waals surface area contributed by atoms with E-state index in [2.05, 4.69) is 9.82 Å². The van der Waals surface area contributed by atoms with Crippen LogP contribution in [-0.2, 0) is 16.1 Å². The van der Waals surface area contributed by atoms with Crippen molar-refractivity contribution >= 4 is 40.6 Å². The van der Waals surface area contributed by atoms with Crippen molar-refractivity contribution in [2.75, 3.05) is 26.2 Å². The van der Waals surface area contributed by atoms with E-state index in [9.17, 15) is 40.7 Å². The zero-order valence-corrected chi connectivity index (χ0v) is 23.1. The van der Waals surface area contributed by atoms with E-state index in [-0.39, 0.29) is 53.6 Å². The predicted octanol–water partition coefficient (Wildman–Crippen LogP) is 4.80. The lowest BCUT2D eigenvalue weighted by Gasteiger charge is -2.41. The molecule has 0 saturated carbocycles. The predicted molar refractivity (Wildman–Crippen MR) is 138 cm³/mol. The molecule has 1 N–H and O–H groups in total. The Labute approximate surface area is 243 Å². The Balaban J connectivity index is 1.33. The SMILES string of the molecule is O=C(c1cc(Cc2c[nH]c(=O)c3cc(Cl)c(Cl)n23)ccc1F)N1CCC([N+]2(OC(=O)C(F)(F)F)C[C@H](F)[C@@H](F)C2)CC1. The summed E-state index contributed by atoms with van der Waals surface area (Å²) in [5, 5.41) is 0.259. The fraction of sp³-hybridized carbons (Fsp3) is 0.423. The lowest BCUT2D eigenvalue weighted by atomic mass is 10.0. The molecule has 226 valence electrons. The highest BCUT2D eigenvalue weighted by atomic mass is 35.5. The first-order valence-corrected chi connectivity index (χ1v) is 13.6. The van der Waals surface area contributed by atoms with E-state index in [1.807, 2.05) is 0 Å². The molecule has 2 saturated heterocycles. The number of aromatic nitrogens is 2. The van der Waals surface area contributed by atoms with Gasteiger partial charge in [-0.2, -0.15) is 13.2 Å². The number of hydroxylamine groups is 3. The number of halogens is 8. The summed E-state index contributed by atoms with van der Waals surface area (Å²) in [4.78, 5) is 45.6. The van der Waals surface area contributed by atoms with Gasteiger partial charge in [0.05, 0.1) is 10.6 Å². The Morgan fingerprint density at radius 1 is 1.07 bits per heavy atom. The minimum absolute atomic E-state index is 0.0418. The molecule has 1 aromatic carbocycles. The molecule has 2 fully saturated rings. The number of nitrogens with one attached hydrogen (secondary N) is 1. The molecule has 2 atom stereocenters. The fourth-order valence-electron chi connectivity index (χ4n) is 5.65. The summed E-state index contributed by atoms with van der Waals surface area (Å²) in [5.74, 6) is -4.07. The molecule has 0 bridgehead atoms. The first kappa shape index (κ1) is 30.2. The number of rotatable bonds is 5. The van der Waals surface area contributed by atoms with Gasteiger partial charge in [0, 0.05) is 44.2 Å². The molecular weight excluding hydrogens is 617 g/mol. The van der Waals surface area contributed by atoms with E-state index in [0.717, 1.165) is 6.07 Å². The van der Waals surface area contributed by atoms with Crippen molar-refractivity contribution in [3.8, 4) is 0 Å². The number of nitrogens with zero attached hydrogens (tertiary/aromatic N) is 3. The van der Waals surface area contributed by atoms with Crippen LogP contribution >= 0.6 is 23.2 Å². The minimum atomic E-state index is -5.36. The molecule has 0 radical (unpaired) electrons. The van der Waals surface area contributed by atoms with E-state index in [1.54, 1.807) is 0 Å². The van der Waals surface area contributed by atoms with Gasteiger partial charge in [0.15, 0.2) is 25.4 Å². The number of alkyl halides is 5. The molecule has 0 spiro atoms. The van der Waals surface area contributed by atoms with Gasteiger partial charge >= 0.3 is 12.1 Å². The second-order valence-electron chi connectivity index (χ2n) is 10.4. The second-order valence-corrected chi connectivity index (χ2v) is 11.1. The highest BCUT2D eigenvalue weighted by Crippen LogP contribution is 2.36. The van der Waals surface area contributed by atoms with Gasteiger partial charge in [-0.25, -0.2) is 18.0 Å². The summed E-state index contributed by atoms with van der Waals surface area (Å²) in [7, 11) is 0. The maximum atomic E-state index is 14.8. The first-order chi connectivity index (χ1) is 19.7. The quantitative estimate of drug-likeness (QED) is 0.321. The summed E-state index contributed by atoms with van der Waals surface area (Å²) >= 11 is 12.3. The van der Waals surface area contributed by atoms with E-state index < -0.39 is 65.6 Å². The third kappa shape index (κ3) is 5.59. The van der Waals surface area contributed by atoms with Crippen LogP contribution in [0.25, 0.3) is 5.52 Å². The van der Waals surface area contributed by atoms with Gasteiger partial charge < -0.3 is 9.88 Å². The van der Waals surface area contributed by atoms with E-state index in [0.29, 0.717) is 11.3 Å². The van der Waals surface area contributed by atoms with E-state index in [1.165, 1.54) is 33.7 Å². The van der Waals surface area contributed by atoms with Crippen LogP contribution in [0.15, 0.2) is 35.3 Å². The number of H-pyrrole nitrogens is 1. The number of carbonyl (C=O) groups is 2. The van der Waals surface area contributed by atoms with Gasteiger partial charge in [-0.15, -0.1) is 4.65 Å². The number of fused-ring (bicyclic) bond motifs is 1. The number of piperidine rings is 1. The molecular formula is C26H23Cl2F6N4O4+. The third-order valence-electron chi connectivity index (χ3n) is 7.71. The molecule has 0 unspecified atom stereocenters. The molecule has 4 heterocycles. The van der Waals surface area contributed by atoms with Crippen LogP contribution in [0.2, 0.25) is 10.2 Å². The highest BCUT2D eigenvalue weighted by Gasteiger charge is 2.58. The van der Waals surface area contributed by atoms with Crippen LogP contribution in [0.5, 0.6) is 0 Å². The summed E-state index contributed by atoms with van der Waals surface area (Å²) in [5.41, 5.74) is 0.483. The Morgan fingerprint density at radius 3 is 2.33 bits per heavy atom. The van der Waals surface area contributed by atoms with Crippen LogP contribution in [-0.4, -0.2) is 81.5 Å². The van der Waals surface area contributed by atoms with Gasteiger partial charge in [-0.05, 0) is 23.8 Å². The number of carbonyl (C=O) groups excluding carboxylic acids is 2. The molecule has 1 amide bonds. The van der Waals surface area contributed by atoms with Crippen molar-refractivity contribution in [1.29, 1.82) is 0 Å². The summed E-state index contributed by atoms with van der Waals surface area (Å²) in [6.45, 7) is -1.73. The Morgan fingerprint density at radius 2 is 1.71 bits per heavy atom. The van der Waals surface area contributed by atoms with Crippen LogP contribution < -0.4 is 5.56 Å². The average molecular weight is 640 g/mol. The van der Waals surface area contributed by atoms with Gasteiger partial charge in [-0.1, -0.05) is 29.3 Å². The number of quaternary nitrogens is 1. The van der Waals surface area contributed by atoms with Crippen LogP contribution in [0.3, 0.4) is 0 Å². The zero-order valence-electron chi connectivity index (χ0n) is 21.6. The van der Waals surface area contributed by atoms with Crippen molar-refractivity contribution < 1.29 is 45.4 Å². The monoisotopic (exact) mass is 639 g/mol. The molecule has 3 aromatic rings. The lowest BCUT2D eigenvalue weighted by Crippen LogP contribution is -2.60. The largest absolute Gasteiger partial charge is 0.497 e. The number of aromatic amines is 1. The molecule has 16 heteroatoms. The molecule has 42 heavy (non-hydrogen) atoms. The minimum Gasteiger partial charge on any atom is -0.338 e. The van der Waals surface area contributed by atoms with Crippen molar-refractivity contribution in [2.24, 2.45) is 0 Å². The second kappa shape index (κ2) is 11.1. The van der Waals surface area contributed by atoms with Crippen molar-refractivity contribution in [3.05, 3.63) is 73.6 Å². The van der Waals surface area contributed by atoms with Crippen molar-refractivity contribution in [3.63, 3.8) is 0 Å². The molecule has 8 nitrogen and oxygen atoms in total. The molecule has 2 aliphatic rings. The van der Waals surface area contributed by atoms with Crippen LogP contribution in [0, 0.1) is 5.82 Å².